The first-order valence-corrected chi connectivity index (χ1v) is 6.01. The molecule has 0 aliphatic heterocycles. The smallest absolute Gasteiger partial charge is 0.188 e. The third kappa shape index (κ3) is 9.28. The minimum Gasteiger partial charge on any atom is -0.397 e. The van der Waals surface area contributed by atoms with Crippen molar-refractivity contribution in [3.05, 3.63) is 24.5 Å². The number of carbonyl (C=O) groups excluding carboxylic acids is 1. The lowest BCUT2D eigenvalue weighted by Gasteiger charge is -1.98. The number of rotatable bonds is 2. The van der Waals surface area contributed by atoms with E-state index in [2.05, 4.69) is 4.98 Å². The highest BCUT2D eigenvalue weighted by Gasteiger charge is 2.00. The van der Waals surface area contributed by atoms with Crippen LogP contribution in [0.4, 0.5) is 5.69 Å². The number of hydrogen-bond donors (Lipinski definition) is 1. The van der Waals surface area contributed by atoms with Crippen LogP contribution in [-0.4, -0.2) is 16.4 Å². The van der Waals surface area contributed by atoms with Gasteiger partial charge in [-0.25, -0.2) is 0 Å². The Morgan fingerprint density at radius 1 is 1.60 bits per heavy atom. The molecule has 0 bridgehead atoms. The molecule has 15 heavy (non-hydrogen) atoms. The van der Waals surface area contributed by atoms with Crippen molar-refractivity contribution >= 4 is 22.6 Å². The molecule has 0 atom stereocenters. The Balaban J connectivity index is 0.000000262. The van der Waals surface area contributed by atoms with Gasteiger partial charge in [-0.2, -0.15) is 0 Å². The summed E-state index contributed by atoms with van der Waals surface area (Å²) in [6.07, 6.45) is 5.84. The fourth-order valence-electron chi connectivity index (χ4n) is 0.793. The molecular weight excluding hydrogens is 208 g/mol. The highest BCUT2D eigenvalue weighted by molar-refractivity contribution is 8.13. The zero-order chi connectivity index (χ0) is 11.7. The van der Waals surface area contributed by atoms with Crippen LogP contribution in [0.3, 0.4) is 0 Å². The predicted molar refractivity (Wildman–Crippen MR) is 66.6 cm³/mol. The molecule has 3 nitrogen and oxygen atoms in total. The summed E-state index contributed by atoms with van der Waals surface area (Å²) in [5.74, 6) is 0.509. The summed E-state index contributed by atoms with van der Waals surface area (Å²) < 4.78 is 0. The normalized spacial score (nSPS) is 9.33. The van der Waals surface area contributed by atoms with Crippen molar-refractivity contribution in [1.82, 2.24) is 4.98 Å². The molecule has 4 heteroatoms. The van der Waals surface area contributed by atoms with Gasteiger partial charge >= 0.3 is 0 Å². The van der Waals surface area contributed by atoms with Crippen molar-refractivity contribution in [2.75, 3.05) is 12.0 Å². The van der Waals surface area contributed by atoms with E-state index in [1.54, 1.807) is 24.5 Å². The van der Waals surface area contributed by atoms with Crippen LogP contribution in [-0.2, 0) is 4.79 Å². The Morgan fingerprint density at radius 3 is 2.47 bits per heavy atom. The van der Waals surface area contributed by atoms with Gasteiger partial charge in [-0.1, -0.05) is 25.6 Å². The van der Waals surface area contributed by atoms with E-state index in [1.807, 2.05) is 20.1 Å². The second kappa shape index (κ2) is 8.29. The van der Waals surface area contributed by atoms with Crippen LogP contribution in [0.1, 0.15) is 20.3 Å². The Morgan fingerprint density at radius 2 is 2.27 bits per heavy atom. The van der Waals surface area contributed by atoms with Crippen molar-refractivity contribution in [1.29, 1.82) is 0 Å². The molecule has 1 rings (SSSR count). The molecule has 2 N–H and O–H groups in total. The molecule has 1 aromatic heterocycles. The van der Waals surface area contributed by atoms with E-state index < -0.39 is 0 Å². The summed E-state index contributed by atoms with van der Waals surface area (Å²) in [5.41, 5.74) is 6.01. The maximum atomic E-state index is 10.6. The Bertz CT molecular complexity index is 275. The van der Waals surface area contributed by atoms with E-state index >= 15 is 0 Å². The van der Waals surface area contributed by atoms with E-state index in [4.69, 9.17) is 5.73 Å². The summed E-state index contributed by atoms with van der Waals surface area (Å²) in [5, 5.41) is 0.292. The SMILES string of the molecule is CSC(=O)CC(C)C.Nc1cccnc1. The van der Waals surface area contributed by atoms with Gasteiger partial charge < -0.3 is 5.73 Å². The number of pyridine rings is 1. The number of nitrogens with two attached hydrogens (primary N) is 1. The van der Waals surface area contributed by atoms with Gasteiger partial charge in [-0.05, 0) is 24.3 Å². The van der Waals surface area contributed by atoms with Crippen LogP contribution in [0.2, 0.25) is 0 Å². The maximum absolute atomic E-state index is 10.6. The fourth-order valence-corrected chi connectivity index (χ4v) is 1.29. The molecule has 0 saturated carbocycles. The molecule has 0 spiro atoms. The zero-order valence-corrected chi connectivity index (χ0v) is 10.3. The van der Waals surface area contributed by atoms with E-state index in [0.717, 1.165) is 0 Å². The molecule has 0 amide bonds. The summed E-state index contributed by atoms with van der Waals surface area (Å²) in [6.45, 7) is 4.10. The molecule has 0 radical (unpaired) electrons. The van der Waals surface area contributed by atoms with Gasteiger partial charge in [0.25, 0.3) is 0 Å². The first kappa shape index (κ1) is 14.0. The number of anilines is 1. The molecule has 0 fully saturated rings. The highest BCUT2D eigenvalue weighted by atomic mass is 32.2. The van der Waals surface area contributed by atoms with Crippen LogP contribution in [0.15, 0.2) is 24.5 Å². The Hall–Kier alpha value is -1.03. The molecule has 84 valence electrons. The number of aromatic nitrogens is 1. The van der Waals surface area contributed by atoms with E-state index in [-0.39, 0.29) is 0 Å². The number of carbonyl (C=O) groups is 1. The summed E-state index contributed by atoms with van der Waals surface area (Å²) in [6, 6.07) is 3.60. The maximum Gasteiger partial charge on any atom is 0.188 e. The fraction of sp³-hybridized carbons (Fsp3) is 0.455. The van der Waals surface area contributed by atoms with Crippen molar-refractivity contribution in [3.63, 3.8) is 0 Å². The number of hydrogen-bond acceptors (Lipinski definition) is 4. The van der Waals surface area contributed by atoms with Gasteiger partial charge in [-0.15, -0.1) is 0 Å². The van der Waals surface area contributed by atoms with Gasteiger partial charge in [-0.3, -0.25) is 9.78 Å². The average molecular weight is 226 g/mol. The topological polar surface area (TPSA) is 56.0 Å². The monoisotopic (exact) mass is 226 g/mol. The molecule has 0 aliphatic carbocycles. The Kier molecular flexibility index (Phi) is 7.72. The number of thioether (sulfide) groups is 1. The lowest BCUT2D eigenvalue weighted by atomic mass is 10.2. The molecule has 1 heterocycles. The molecule has 0 unspecified atom stereocenters. The van der Waals surface area contributed by atoms with E-state index in [1.165, 1.54) is 11.8 Å². The minimum atomic E-state index is 0.292. The zero-order valence-electron chi connectivity index (χ0n) is 9.43. The predicted octanol–water partition coefficient (Wildman–Crippen LogP) is 2.59. The highest BCUT2D eigenvalue weighted by Crippen LogP contribution is 2.06. The third-order valence-corrected chi connectivity index (χ3v) is 2.11. The second-order valence-electron chi connectivity index (χ2n) is 3.46. The van der Waals surface area contributed by atoms with Crippen molar-refractivity contribution in [2.45, 2.75) is 20.3 Å². The van der Waals surface area contributed by atoms with Gasteiger partial charge in [0.15, 0.2) is 5.12 Å². The van der Waals surface area contributed by atoms with Gasteiger partial charge in [0.1, 0.15) is 0 Å². The van der Waals surface area contributed by atoms with Crippen LogP contribution < -0.4 is 5.73 Å². The second-order valence-corrected chi connectivity index (χ2v) is 4.32. The van der Waals surface area contributed by atoms with Crippen LogP contribution >= 0.6 is 11.8 Å². The average Bonchev–Trinajstić information content (AvgIpc) is 2.19. The quantitative estimate of drug-likeness (QED) is 0.842. The largest absolute Gasteiger partial charge is 0.397 e. The van der Waals surface area contributed by atoms with E-state index in [9.17, 15) is 4.79 Å². The molecular formula is C11H18N2OS. The van der Waals surface area contributed by atoms with Gasteiger partial charge in [0.05, 0.1) is 5.69 Å². The number of nitrogens with zero attached hydrogens (tertiary/aromatic N) is 1. The molecule has 1 aromatic rings. The summed E-state index contributed by atoms with van der Waals surface area (Å²) >= 11 is 1.31. The van der Waals surface area contributed by atoms with Crippen molar-refractivity contribution in [2.24, 2.45) is 5.92 Å². The van der Waals surface area contributed by atoms with Crippen LogP contribution in [0.25, 0.3) is 0 Å². The standard InChI is InChI=1S/C6H12OS.C5H6N2/c1-5(2)4-6(7)8-3;6-5-2-1-3-7-4-5/h5H,4H2,1-3H3;1-4H,6H2. The lowest BCUT2D eigenvalue weighted by Crippen LogP contribution is -1.95. The molecule has 0 aromatic carbocycles. The Labute approximate surface area is 95.5 Å². The first-order valence-electron chi connectivity index (χ1n) is 4.78. The van der Waals surface area contributed by atoms with Crippen LogP contribution in [0.5, 0.6) is 0 Å². The van der Waals surface area contributed by atoms with Gasteiger partial charge in [0, 0.05) is 18.8 Å². The van der Waals surface area contributed by atoms with Crippen molar-refractivity contribution in [3.8, 4) is 0 Å². The molecule has 0 saturated heterocycles. The minimum absolute atomic E-state index is 0.292. The van der Waals surface area contributed by atoms with Gasteiger partial charge in [0.2, 0.25) is 0 Å². The number of nitrogen functional groups attached to an aromatic ring is 1. The lowest BCUT2D eigenvalue weighted by molar-refractivity contribution is -0.111. The molecule has 0 aliphatic rings. The third-order valence-electron chi connectivity index (χ3n) is 1.49. The first-order chi connectivity index (χ1) is 7.06. The van der Waals surface area contributed by atoms with E-state index in [0.29, 0.717) is 23.1 Å². The van der Waals surface area contributed by atoms with Crippen molar-refractivity contribution < 1.29 is 4.79 Å². The van der Waals surface area contributed by atoms with Crippen LogP contribution in [0, 0.1) is 5.92 Å². The summed E-state index contributed by atoms with van der Waals surface area (Å²) in [7, 11) is 0. The summed E-state index contributed by atoms with van der Waals surface area (Å²) in [4.78, 5) is 14.3.